The Morgan fingerprint density at radius 3 is 2.67 bits per heavy atom. The number of halogens is 2. The molecule has 9 heteroatoms. The molecule has 0 bridgehead atoms. The van der Waals surface area contributed by atoms with Crippen molar-refractivity contribution >= 4 is 23.6 Å². The van der Waals surface area contributed by atoms with Crippen LogP contribution in [0.1, 0.15) is 12.5 Å². The van der Waals surface area contributed by atoms with E-state index in [1.165, 1.54) is 13.0 Å². The standard InChI is InChI=1S/C15H10F2N2O5/c1-6-11(20)8(4-7-2-3-9(16)10(17)5-7)13(21)19-14(6)24-12(18-19)15(22)23/h2-3,5,8H,4H2,1H3,(H,22,23). The van der Waals surface area contributed by atoms with E-state index >= 15 is 0 Å². The zero-order valence-corrected chi connectivity index (χ0v) is 12.2. The van der Waals surface area contributed by atoms with Crippen molar-refractivity contribution in [3.63, 3.8) is 0 Å². The number of carbonyl (C=O) groups is 3. The first-order valence-corrected chi connectivity index (χ1v) is 6.82. The molecule has 3 rings (SSSR count). The lowest BCUT2D eigenvalue weighted by Gasteiger charge is -2.25. The van der Waals surface area contributed by atoms with Gasteiger partial charge in [-0.15, -0.1) is 5.10 Å². The first-order valence-electron chi connectivity index (χ1n) is 6.82. The van der Waals surface area contributed by atoms with Crippen LogP contribution in [0.5, 0.6) is 0 Å². The van der Waals surface area contributed by atoms with Gasteiger partial charge < -0.3 is 9.84 Å². The molecule has 1 amide bonds. The minimum atomic E-state index is -1.48. The van der Waals surface area contributed by atoms with E-state index in [4.69, 9.17) is 9.84 Å². The van der Waals surface area contributed by atoms with Crippen molar-refractivity contribution < 1.29 is 33.0 Å². The molecule has 0 aliphatic carbocycles. The van der Waals surface area contributed by atoms with E-state index in [0.717, 1.165) is 12.1 Å². The van der Waals surface area contributed by atoms with Crippen LogP contribution in [0.4, 0.5) is 8.78 Å². The summed E-state index contributed by atoms with van der Waals surface area (Å²) < 4.78 is 31.2. The highest BCUT2D eigenvalue weighted by atomic mass is 19.2. The molecular weight excluding hydrogens is 326 g/mol. The molecule has 0 radical (unpaired) electrons. The molecule has 0 saturated heterocycles. The second kappa shape index (κ2) is 5.52. The number of rotatable bonds is 3. The molecule has 0 aromatic heterocycles. The van der Waals surface area contributed by atoms with Crippen LogP contribution in [0.3, 0.4) is 0 Å². The number of fused-ring (bicyclic) bond motifs is 1. The average molecular weight is 336 g/mol. The summed E-state index contributed by atoms with van der Waals surface area (Å²) in [5.74, 6) is -7.18. The van der Waals surface area contributed by atoms with Crippen LogP contribution in [-0.2, 0) is 25.5 Å². The normalized spacial score (nSPS) is 20.0. The lowest BCUT2D eigenvalue weighted by Crippen LogP contribution is -2.41. The summed E-state index contributed by atoms with van der Waals surface area (Å²) in [7, 11) is 0. The largest absolute Gasteiger partial charge is 0.474 e. The van der Waals surface area contributed by atoms with Crippen LogP contribution in [0, 0.1) is 17.6 Å². The molecule has 2 aliphatic heterocycles. The van der Waals surface area contributed by atoms with E-state index in [-0.39, 0.29) is 23.4 Å². The van der Waals surface area contributed by atoms with Gasteiger partial charge in [-0.05, 0) is 31.0 Å². The van der Waals surface area contributed by atoms with Crippen LogP contribution in [0.15, 0.2) is 34.8 Å². The van der Waals surface area contributed by atoms with Crippen molar-refractivity contribution in [1.82, 2.24) is 5.01 Å². The number of benzene rings is 1. The summed E-state index contributed by atoms with van der Waals surface area (Å²) in [6, 6.07) is 3.06. The zero-order chi connectivity index (χ0) is 17.6. The Bertz CT molecular complexity index is 846. The van der Waals surface area contributed by atoms with E-state index in [9.17, 15) is 23.2 Å². The molecule has 7 nitrogen and oxygen atoms in total. The molecule has 124 valence electrons. The zero-order valence-electron chi connectivity index (χ0n) is 12.2. The van der Waals surface area contributed by atoms with Crippen molar-refractivity contribution in [2.45, 2.75) is 13.3 Å². The van der Waals surface area contributed by atoms with Gasteiger partial charge in [-0.3, -0.25) is 9.59 Å². The summed E-state index contributed by atoms with van der Waals surface area (Å²) in [5, 5.41) is 13.1. The second-order valence-corrected chi connectivity index (χ2v) is 5.26. The lowest BCUT2D eigenvalue weighted by atomic mass is 9.88. The summed E-state index contributed by atoms with van der Waals surface area (Å²) >= 11 is 0. The number of hydrogen-bond acceptors (Lipinski definition) is 5. The third-order valence-corrected chi connectivity index (χ3v) is 3.70. The third kappa shape index (κ3) is 2.43. The quantitative estimate of drug-likeness (QED) is 0.837. The van der Waals surface area contributed by atoms with Crippen molar-refractivity contribution in [3.05, 3.63) is 46.9 Å². The number of hydrogen-bond donors (Lipinski definition) is 1. The summed E-state index contributed by atoms with van der Waals surface area (Å²) in [5.41, 5.74) is 0.279. The highest BCUT2D eigenvalue weighted by molar-refractivity contribution is 6.33. The predicted molar refractivity (Wildman–Crippen MR) is 74.3 cm³/mol. The van der Waals surface area contributed by atoms with Gasteiger partial charge in [0.2, 0.25) is 5.88 Å². The van der Waals surface area contributed by atoms with Crippen LogP contribution in [-0.4, -0.2) is 33.7 Å². The number of nitrogens with zero attached hydrogens (tertiary/aromatic N) is 2. The number of allylic oxidation sites excluding steroid dienone is 1. The van der Waals surface area contributed by atoms with E-state index < -0.39 is 41.1 Å². The minimum Gasteiger partial charge on any atom is -0.474 e. The lowest BCUT2D eigenvalue weighted by molar-refractivity contribution is -0.141. The van der Waals surface area contributed by atoms with E-state index in [1.807, 2.05) is 0 Å². The fourth-order valence-electron chi connectivity index (χ4n) is 2.47. The Balaban J connectivity index is 1.93. The monoisotopic (exact) mass is 336 g/mol. The van der Waals surface area contributed by atoms with Gasteiger partial charge in [0.15, 0.2) is 17.4 Å². The van der Waals surface area contributed by atoms with Crippen molar-refractivity contribution in [2.24, 2.45) is 11.0 Å². The molecule has 1 aromatic rings. The molecule has 2 heterocycles. The first kappa shape index (κ1) is 15.8. The maximum atomic E-state index is 13.3. The highest BCUT2D eigenvalue weighted by Gasteiger charge is 2.45. The number of carboxylic acid groups (broad SMARTS) is 1. The molecule has 0 fully saturated rings. The van der Waals surface area contributed by atoms with Gasteiger partial charge in [0.25, 0.3) is 5.91 Å². The van der Waals surface area contributed by atoms with E-state index in [2.05, 4.69) is 5.10 Å². The molecule has 1 N–H and O–H groups in total. The van der Waals surface area contributed by atoms with Gasteiger partial charge in [0.05, 0.1) is 5.57 Å². The fourth-order valence-corrected chi connectivity index (χ4v) is 2.47. The number of ether oxygens (including phenoxy) is 1. The molecule has 24 heavy (non-hydrogen) atoms. The molecule has 0 saturated carbocycles. The Kier molecular flexibility index (Phi) is 3.63. The highest BCUT2D eigenvalue weighted by Crippen LogP contribution is 2.31. The second-order valence-electron chi connectivity index (χ2n) is 5.26. The molecule has 1 aromatic carbocycles. The number of ketones is 1. The fraction of sp³-hybridized carbons (Fsp3) is 0.200. The van der Waals surface area contributed by atoms with Crippen molar-refractivity contribution in [2.75, 3.05) is 0 Å². The van der Waals surface area contributed by atoms with Gasteiger partial charge in [0, 0.05) is 0 Å². The number of carboxylic acids is 1. The van der Waals surface area contributed by atoms with Gasteiger partial charge in [-0.2, -0.15) is 5.01 Å². The summed E-state index contributed by atoms with van der Waals surface area (Å²) in [4.78, 5) is 35.7. The molecule has 1 unspecified atom stereocenters. The van der Waals surface area contributed by atoms with E-state index in [0.29, 0.717) is 5.01 Å². The van der Waals surface area contributed by atoms with Crippen molar-refractivity contribution in [3.8, 4) is 0 Å². The predicted octanol–water partition coefficient (Wildman–Crippen LogP) is 1.19. The van der Waals surface area contributed by atoms with Crippen LogP contribution >= 0.6 is 0 Å². The Morgan fingerprint density at radius 2 is 2.04 bits per heavy atom. The van der Waals surface area contributed by atoms with Crippen LogP contribution in [0.2, 0.25) is 0 Å². The number of Topliss-reactive ketones (excluding diaryl/α,β-unsaturated/α-hetero) is 1. The maximum absolute atomic E-state index is 13.3. The number of hydrazone groups is 1. The Hall–Kier alpha value is -3.10. The Labute approximate surface area is 133 Å². The summed E-state index contributed by atoms with van der Waals surface area (Å²) in [6.45, 7) is 1.37. The summed E-state index contributed by atoms with van der Waals surface area (Å²) in [6.07, 6.45) is -0.173. The topological polar surface area (TPSA) is 96.3 Å². The first-order chi connectivity index (χ1) is 11.3. The third-order valence-electron chi connectivity index (χ3n) is 3.70. The molecular formula is C15H10F2N2O5. The van der Waals surface area contributed by atoms with Crippen LogP contribution < -0.4 is 0 Å². The molecule has 2 aliphatic rings. The average Bonchev–Trinajstić information content (AvgIpc) is 2.99. The molecule has 0 spiro atoms. The Morgan fingerprint density at radius 1 is 1.33 bits per heavy atom. The number of aliphatic carboxylic acids is 1. The smallest absolute Gasteiger partial charge is 0.393 e. The van der Waals surface area contributed by atoms with Gasteiger partial charge in [-0.25, -0.2) is 13.6 Å². The maximum Gasteiger partial charge on any atom is 0.393 e. The minimum absolute atomic E-state index is 0.0298. The van der Waals surface area contributed by atoms with Gasteiger partial charge in [-0.1, -0.05) is 6.07 Å². The van der Waals surface area contributed by atoms with Crippen LogP contribution in [0.25, 0.3) is 0 Å². The number of amides is 1. The van der Waals surface area contributed by atoms with Gasteiger partial charge in [0.1, 0.15) is 5.92 Å². The number of carbonyl (C=O) groups excluding carboxylic acids is 2. The van der Waals surface area contributed by atoms with Gasteiger partial charge >= 0.3 is 11.9 Å². The molecule has 1 atom stereocenters. The SMILES string of the molecule is CC1=C2OC(C(=O)O)=NN2C(=O)C(Cc2ccc(F)c(F)c2)C1=O. The van der Waals surface area contributed by atoms with E-state index in [1.54, 1.807) is 0 Å². The van der Waals surface area contributed by atoms with Crippen molar-refractivity contribution in [1.29, 1.82) is 0 Å².